The Kier molecular flexibility index (Phi) is 2.59. The zero-order chi connectivity index (χ0) is 10.1. The standard InChI is InChI=1S/C11H19N3/c1-8(2)14-11(5-6-13-14)9-3-4-10(12)7-9/h5-6,8-10H,3-4,7,12H2,1-2H3. The summed E-state index contributed by atoms with van der Waals surface area (Å²) in [7, 11) is 0. The number of nitrogens with zero attached hydrogens (tertiary/aromatic N) is 2. The molecule has 2 atom stereocenters. The molecule has 2 unspecified atom stereocenters. The summed E-state index contributed by atoms with van der Waals surface area (Å²) in [6, 6.07) is 3.00. The van der Waals surface area contributed by atoms with Gasteiger partial charge in [-0.05, 0) is 39.2 Å². The molecular formula is C11H19N3. The highest BCUT2D eigenvalue weighted by Crippen LogP contribution is 2.34. The van der Waals surface area contributed by atoms with Crippen molar-refractivity contribution in [3.05, 3.63) is 18.0 Å². The first-order valence-corrected chi connectivity index (χ1v) is 5.47. The van der Waals surface area contributed by atoms with Crippen LogP contribution in [0, 0.1) is 0 Å². The molecule has 2 rings (SSSR count). The second-order valence-electron chi connectivity index (χ2n) is 4.56. The van der Waals surface area contributed by atoms with Crippen LogP contribution in [0.3, 0.4) is 0 Å². The van der Waals surface area contributed by atoms with Crippen LogP contribution in [-0.2, 0) is 0 Å². The average molecular weight is 193 g/mol. The summed E-state index contributed by atoms with van der Waals surface area (Å²) in [6.07, 6.45) is 5.41. The van der Waals surface area contributed by atoms with Gasteiger partial charge in [-0.1, -0.05) is 0 Å². The highest BCUT2D eigenvalue weighted by molar-refractivity contribution is 5.11. The molecule has 0 aromatic carbocycles. The SMILES string of the molecule is CC(C)n1nccc1C1CCC(N)C1. The molecule has 0 spiro atoms. The van der Waals surface area contributed by atoms with Crippen molar-refractivity contribution in [3.8, 4) is 0 Å². The molecule has 0 amide bonds. The molecule has 1 aromatic rings. The van der Waals surface area contributed by atoms with Gasteiger partial charge in [-0.25, -0.2) is 0 Å². The second kappa shape index (κ2) is 3.73. The molecular weight excluding hydrogens is 174 g/mol. The Hall–Kier alpha value is -0.830. The Morgan fingerprint density at radius 1 is 1.50 bits per heavy atom. The number of aromatic nitrogens is 2. The zero-order valence-electron chi connectivity index (χ0n) is 8.98. The Labute approximate surface area is 85.3 Å². The molecule has 2 N–H and O–H groups in total. The van der Waals surface area contributed by atoms with E-state index in [4.69, 9.17) is 5.73 Å². The van der Waals surface area contributed by atoms with Crippen LogP contribution in [0.4, 0.5) is 0 Å². The first-order valence-electron chi connectivity index (χ1n) is 5.47. The molecule has 3 nitrogen and oxygen atoms in total. The first-order chi connectivity index (χ1) is 6.68. The van der Waals surface area contributed by atoms with Gasteiger partial charge in [-0.2, -0.15) is 5.10 Å². The van der Waals surface area contributed by atoms with Crippen LogP contribution in [0.5, 0.6) is 0 Å². The fraction of sp³-hybridized carbons (Fsp3) is 0.727. The van der Waals surface area contributed by atoms with E-state index in [0.717, 1.165) is 12.8 Å². The maximum atomic E-state index is 5.93. The van der Waals surface area contributed by atoms with Gasteiger partial charge in [0.15, 0.2) is 0 Å². The molecule has 78 valence electrons. The van der Waals surface area contributed by atoms with Crippen LogP contribution in [0.15, 0.2) is 12.3 Å². The number of hydrogen-bond acceptors (Lipinski definition) is 2. The van der Waals surface area contributed by atoms with Crippen LogP contribution in [0.25, 0.3) is 0 Å². The van der Waals surface area contributed by atoms with Crippen molar-refractivity contribution in [2.45, 2.75) is 51.1 Å². The van der Waals surface area contributed by atoms with E-state index in [2.05, 4.69) is 29.7 Å². The Balaban J connectivity index is 2.19. The molecule has 14 heavy (non-hydrogen) atoms. The maximum Gasteiger partial charge on any atom is 0.0492 e. The summed E-state index contributed by atoms with van der Waals surface area (Å²) in [5.74, 6) is 0.634. The van der Waals surface area contributed by atoms with E-state index in [0.29, 0.717) is 18.0 Å². The van der Waals surface area contributed by atoms with Gasteiger partial charge in [-0.3, -0.25) is 4.68 Å². The molecule has 0 saturated heterocycles. The van der Waals surface area contributed by atoms with Gasteiger partial charge in [0.25, 0.3) is 0 Å². The van der Waals surface area contributed by atoms with Crippen LogP contribution in [0.1, 0.15) is 50.8 Å². The lowest BCUT2D eigenvalue weighted by Crippen LogP contribution is -2.15. The van der Waals surface area contributed by atoms with Gasteiger partial charge < -0.3 is 5.73 Å². The van der Waals surface area contributed by atoms with Crippen molar-refractivity contribution in [3.63, 3.8) is 0 Å². The largest absolute Gasteiger partial charge is 0.328 e. The predicted octanol–water partition coefficient (Wildman–Crippen LogP) is 2.06. The van der Waals surface area contributed by atoms with E-state index in [9.17, 15) is 0 Å². The molecule has 1 aliphatic carbocycles. The highest BCUT2D eigenvalue weighted by Gasteiger charge is 2.26. The third kappa shape index (κ3) is 1.69. The number of hydrogen-bond donors (Lipinski definition) is 1. The van der Waals surface area contributed by atoms with E-state index in [-0.39, 0.29) is 0 Å². The third-order valence-electron chi connectivity index (χ3n) is 3.08. The normalized spacial score (nSPS) is 27.4. The molecule has 0 bridgehead atoms. The lowest BCUT2D eigenvalue weighted by molar-refractivity contribution is 0.483. The first kappa shape index (κ1) is 9.71. The van der Waals surface area contributed by atoms with Crippen molar-refractivity contribution in [2.24, 2.45) is 5.73 Å². The number of nitrogens with two attached hydrogens (primary N) is 1. The fourth-order valence-electron chi connectivity index (χ4n) is 2.36. The molecule has 0 aliphatic heterocycles. The van der Waals surface area contributed by atoms with Gasteiger partial charge in [0.2, 0.25) is 0 Å². The molecule has 1 heterocycles. The van der Waals surface area contributed by atoms with Crippen molar-refractivity contribution < 1.29 is 0 Å². The maximum absolute atomic E-state index is 5.93. The lowest BCUT2D eigenvalue weighted by atomic mass is 10.0. The van der Waals surface area contributed by atoms with Crippen LogP contribution >= 0.6 is 0 Å². The summed E-state index contributed by atoms with van der Waals surface area (Å²) in [5.41, 5.74) is 7.30. The minimum atomic E-state index is 0.399. The van der Waals surface area contributed by atoms with Crippen LogP contribution in [0.2, 0.25) is 0 Å². The van der Waals surface area contributed by atoms with Crippen molar-refractivity contribution in [1.82, 2.24) is 9.78 Å². The summed E-state index contributed by atoms with van der Waals surface area (Å²) >= 11 is 0. The summed E-state index contributed by atoms with van der Waals surface area (Å²) in [4.78, 5) is 0. The van der Waals surface area contributed by atoms with Crippen LogP contribution in [-0.4, -0.2) is 15.8 Å². The third-order valence-corrected chi connectivity index (χ3v) is 3.08. The second-order valence-corrected chi connectivity index (χ2v) is 4.56. The van der Waals surface area contributed by atoms with Gasteiger partial charge in [0.1, 0.15) is 0 Å². The van der Waals surface area contributed by atoms with Gasteiger partial charge in [0.05, 0.1) is 0 Å². The monoisotopic (exact) mass is 193 g/mol. The van der Waals surface area contributed by atoms with Gasteiger partial charge in [-0.15, -0.1) is 0 Å². The van der Waals surface area contributed by atoms with E-state index in [1.165, 1.54) is 12.1 Å². The van der Waals surface area contributed by atoms with E-state index in [1.807, 2.05) is 6.20 Å². The average Bonchev–Trinajstić information content (AvgIpc) is 2.70. The Morgan fingerprint density at radius 3 is 2.86 bits per heavy atom. The molecule has 1 saturated carbocycles. The minimum Gasteiger partial charge on any atom is -0.328 e. The number of rotatable bonds is 2. The van der Waals surface area contributed by atoms with Gasteiger partial charge in [0, 0.05) is 29.9 Å². The minimum absolute atomic E-state index is 0.399. The van der Waals surface area contributed by atoms with Crippen molar-refractivity contribution >= 4 is 0 Å². The van der Waals surface area contributed by atoms with E-state index >= 15 is 0 Å². The fourth-order valence-corrected chi connectivity index (χ4v) is 2.36. The quantitative estimate of drug-likeness (QED) is 0.781. The molecule has 3 heteroatoms. The summed E-state index contributed by atoms with van der Waals surface area (Å²) in [5, 5.41) is 4.36. The van der Waals surface area contributed by atoms with Crippen molar-refractivity contribution in [1.29, 1.82) is 0 Å². The summed E-state index contributed by atoms with van der Waals surface area (Å²) in [6.45, 7) is 4.34. The Morgan fingerprint density at radius 2 is 2.29 bits per heavy atom. The topological polar surface area (TPSA) is 43.8 Å². The van der Waals surface area contributed by atoms with Crippen LogP contribution < -0.4 is 5.73 Å². The summed E-state index contributed by atoms with van der Waals surface area (Å²) < 4.78 is 2.13. The predicted molar refractivity (Wildman–Crippen MR) is 57.2 cm³/mol. The Bertz CT molecular complexity index is 303. The van der Waals surface area contributed by atoms with E-state index in [1.54, 1.807) is 0 Å². The van der Waals surface area contributed by atoms with E-state index < -0.39 is 0 Å². The lowest BCUT2D eigenvalue weighted by Gasteiger charge is -2.15. The van der Waals surface area contributed by atoms with Crippen molar-refractivity contribution in [2.75, 3.05) is 0 Å². The molecule has 0 radical (unpaired) electrons. The smallest absolute Gasteiger partial charge is 0.0492 e. The molecule has 1 aromatic heterocycles. The van der Waals surface area contributed by atoms with Gasteiger partial charge >= 0.3 is 0 Å². The zero-order valence-corrected chi connectivity index (χ0v) is 8.98. The highest BCUT2D eigenvalue weighted by atomic mass is 15.3. The molecule has 1 aliphatic rings. The molecule has 1 fully saturated rings.